The van der Waals surface area contributed by atoms with Crippen LogP contribution in [0, 0.1) is 0 Å². The number of benzene rings is 4. The number of hydrogen-bond donors (Lipinski definition) is 2. The van der Waals surface area contributed by atoms with E-state index in [0.717, 1.165) is 22.3 Å². The van der Waals surface area contributed by atoms with Crippen molar-refractivity contribution in [2.75, 3.05) is 11.5 Å². The Kier molecular flexibility index (Phi) is 11.3. The van der Waals surface area contributed by atoms with Crippen LogP contribution < -0.4 is 11.5 Å². The molecule has 0 bridgehead atoms. The van der Waals surface area contributed by atoms with Gasteiger partial charge in [-0.25, -0.2) is 9.59 Å². The van der Waals surface area contributed by atoms with Crippen molar-refractivity contribution >= 4 is 45.5 Å². The SMILES string of the molecule is NC(=O)[C@@H]1[C@H](CSSC[C@H]2[C@@H](C(N)=O)N(Cc3ccccc3)C(=O)N2Cc2ccccc2)N(Cc2ccccc2)C(=O)N1Cc1ccccc1. The molecule has 6 rings (SSSR count). The Labute approximate surface area is 300 Å². The molecule has 0 spiro atoms. The highest BCUT2D eigenvalue weighted by molar-refractivity contribution is 8.76. The van der Waals surface area contributed by atoms with E-state index < -0.39 is 36.0 Å². The van der Waals surface area contributed by atoms with Gasteiger partial charge in [-0.2, -0.15) is 0 Å². The summed E-state index contributed by atoms with van der Waals surface area (Å²) in [7, 11) is 2.98. The quantitative estimate of drug-likeness (QED) is 0.131. The molecule has 4 N–H and O–H groups in total. The van der Waals surface area contributed by atoms with Gasteiger partial charge in [-0.1, -0.05) is 143 Å². The Balaban J connectivity index is 1.21. The van der Waals surface area contributed by atoms with Gasteiger partial charge in [-0.05, 0) is 22.3 Å². The number of carbonyl (C=O) groups is 4. The highest BCUT2D eigenvalue weighted by atomic mass is 33.1. The van der Waals surface area contributed by atoms with Crippen LogP contribution in [0.15, 0.2) is 121 Å². The van der Waals surface area contributed by atoms with Crippen molar-refractivity contribution in [2.24, 2.45) is 11.5 Å². The van der Waals surface area contributed by atoms with Crippen molar-refractivity contribution in [1.29, 1.82) is 0 Å². The fourth-order valence-electron chi connectivity index (χ4n) is 6.71. The second-order valence-corrected chi connectivity index (χ2v) is 15.0. The van der Waals surface area contributed by atoms with Crippen LogP contribution in [0.1, 0.15) is 22.3 Å². The van der Waals surface area contributed by atoms with Crippen LogP contribution in [0.4, 0.5) is 9.59 Å². The predicted octanol–water partition coefficient (Wildman–Crippen LogP) is 5.09. The Morgan fingerprint density at radius 3 is 0.980 bits per heavy atom. The molecule has 12 heteroatoms. The third kappa shape index (κ3) is 7.92. The average molecular weight is 709 g/mol. The van der Waals surface area contributed by atoms with Gasteiger partial charge in [0.05, 0.1) is 12.1 Å². The first kappa shape index (κ1) is 34.9. The lowest BCUT2D eigenvalue weighted by molar-refractivity contribution is -0.123. The Hall–Kier alpha value is -4.94. The van der Waals surface area contributed by atoms with Gasteiger partial charge >= 0.3 is 12.1 Å². The Bertz CT molecular complexity index is 1640. The van der Waals surface area contributed by atoms with Crippen LogP contribution in [0.2, 0.25) is 0 Å². The topological polar surface area (TPSA) is 133 Å². The molecule has 4 atom stereocenters. The molecule has 50 heavy (non-hydrogen) atoms. The maximum absolute atomic E-state index is 14.0. The number of primary amides is 2. The maximum Gasteiger partial charge on any atom is 0.321 e. The molecule has 4 aromatic carbocycles. The smallest absolute Gasteiger partial charge is 0.321 e. The Morgan fingerprint density at radius 1 is 0.460 bits per heavy atom. The van der Waals surface area contributed by atoms with Gasteiger partial charge in [-0.15, -0.1) is 0 Å². The highest BCUT2D eigenvalue weighted by Gasteiger charge is 2.50. The number of urea groups is 2. The van der Waals surface area contributed by atoms with E-state index in [1.165, 1.54) is 21.6 Å². The van der Waals surface area contributed by atoms with Gasteiger partial charge in [0, 0.05) is 37.7 Å². The monoisotopic (exact) mass is 708 g/mol. The van der Waals surface area contributed by atoms with Gasteiger partial charge in [0.25, 0.3) is 0 Å². The van der Waals surface area contributed by atoms with E-state index in [-0.39, 0.29) is 25.2 Å². The molecule has 0 aromatic heterocycles. The van der Waals surface area contributed by atoms with Crippen LogP contribution in [0.25, 0.3) is 0 Å². The molecule has 2 aliphatic heterocycles. The standard InChI is InChI=1S/C38H40N6O4S2/c39-35(45)33-31(41(21-27-13-5-1-6-14-27)37(47)43(33)23-29-17-9-3-10-18-29)25-49-50-26-32-34(36(40)46)44(24-30-19-11-4-12-20-30)38(48)42(32)22-28-15-7-2-8-16-28/h1-20,31-34H,21-26H2,(H2,39,45)(H2,40,46)/t31-,32-,33-,34-/m0/s1. The average Bonchev–Trinajstić information content (AvgIpc) is 3.53. The first-order valence-electron chi connectivity index (χ1n) is 16.4. The fourth-order valence-corrected chi connectivity index (χ4v) is 9.32. The predicted molar refractivity (Wildman–Crippen MR) is 197 cm³/mol. The molecule has 0 unspecified atom stereocenters. The minimum atomic E-state index is -0.845. The molecule has 2 aliphatic rings. The Morgan fingerprint density at radius 2 is 0.720 bits per heavy atom. The molecule has 0 saturated carbocycles. The first-order valence-corrected chi connectivity index (χ1v) is 18.9. The van der Waals surface area contributed by atoms with Gasteiger partial charge in [0.2, 0.25) is 11.8 Å². The molecule has 2 fully saturated rings. The van der Waals surface area contributed by atoms with E-state index in [4.69, 9.17) is 11.5 Å². The molecule has 2 saturated heterocycles. The number of carbonyl (C=O) groups excluding carboxylic acids is 4. The summed E-state index contributed by atoms with van der Waals surface area (Å²) in [4.78, 5) is 60.6. The summed E-state index contributed by atoms with van der Waals surface area (Å²) in [5, 5.41) is 0. The summed E-state index contributed by atoms with van der Waals surface area (Å²) in [6.07, 6.45) is 0. The second-order valence-electron chi connectivity index (χ2n) is 12.4. The summed E-state index contributed by atoms with van der Waals surface area (Å²) in [5.41, 5.74) is 15.7. The third-order valence-electron chi connectivity index (χ3n) is 9.11. The van der Waals surface area contributed by atoms with E-state index in [1.807, 2.05) is 121 Å². The maximum atomic E-state index is 14.0. The zero-order valence-corrected chi connectivity index (χ0v) is 29.1. The zero-order valence-electron chi connectivity index (χ0n) is 27.5. The van der Waals surface area contributed by atoms with Crippen molar-refractivity contribution < 1.29 is 19.2 Å². The normalized spacial score (nSPS) is 20.5. The van der Waals surface area contributed by atoms with Crippen LogP contribution >= 0.6 is 21.6 Å². The van der Waals surface area contributed by atoms with Crippen molar-refractivity contribution in [3.8, 4) is 0 Å². The summed E-state index contributed by atoms with van der Waals surface area (Å²) in [6, 6.07) is 35.2. The highest BCUT2D eigenvalue weighted by Crippen LogP contribution is 2.36. The summed E-state index contributed by atoms with van der Waals surface area (Å²) < 4.78 is 0. The van der Waals surface area contributed by atoms with E-state index in [0.29, 0.717) is 24.6 Å². The molecule has 0 radical (unpaired) electrons. The van der Waals surface area contributed by atoms with E-state index >= 15 is 0 Å². The lowest BCUT2D eigenvalue weighted by Gasteiger charge is -2.27. The lowest BCUT2D eigenvalue weighted by Crippen LogP contribution is -2.48. The number of nitrogens with zero attached hydrogens (tertiary/aromatic N) is 4. The van der Waals surface area contributed by atoms with Crippen LogP contribution in [-0.2, 0) is 35.8 Å². The third-order valence-corrected chi connectivity index (χ3v) is 11.5. The van der Waals surface area contributed by atoms with Gasteiger partial charge in [-0.3, -0.25) is 9.59 Å². The van der Waals surface area contributed by atoms with Crippen LogP contribution in [0.3, 0.4) is 0 Å². The van der Waals surface area contributed by atoms with Crippen molar-refractivity contribution in [2.45, 2.75) is 50.3 Å². The fraction of sp³-hybridized carbons (Fsp3) is 0.263. The van der Waals surface area contributed by atoms with Gasteiger partial charge in [0.1, 0.15) is 12.1 Å². The first-order chi connectivity index (χ1) is 24.3. The van der Waals surface area contributed by atoms with Gasteiger partial charge in [0.15, 0.2) is 0 Å². The molecule has 0 aliphatic carbocycles. The summed E-state index contributed by atoms with van der Waals surface area (Å²) in [5.74, 6) is -0.338. The van der Waals surface area contributed by atoms with E-state index in [2.05, 4.69) is 0 Å². The largest absolute Gasteiger partial charge is 0.368 e. The number of hydrogen-bond acceptors (Lipinski definition) is 6. The second kappa shape index (κ2) is 16.2. The number of rotatable bonds is 15. The summed E-state index contributed by atoms with van der Waals surface area (Å²) >= 11 is 0. The minimum Gasteiger partial charge on any atom is -0.368 e. The number of nitrogens with two attached hydrogens (primary N) is 2. The van der Waals surface area contributed by atoms with Crippen molar-refractivity contribution in [1.82, 2.24) is 19.6 Å². The number of amides is 6. The molecular formula is C38H40N6O4S2. The van der Waals surface area contributed by atoms with Gasteiger partial charge < -0.3 is 31.1 Å². The lowest BCUT2D eigenvalue weighted by atomic mass is 10.1. The molecule has 10 nitrogen and oxygen atoms in total. The van der Waals surface area contributed by atoms with E-state index in [9.17, 15) is 19.2 Å². The van der Waals surface area contributed by atoms with Crippen molar-refractivity contribution in [3.63, 3.8) is 0 Å². The minimum absolute atomic E-state index is 0.252. The van der Waals surface area contributed by atoms with Crippen LogP contribution in [0.5, 0.6) is 0 Å². The van der Waals surface area contributed by atoms with E-state index in [1.54, 1.807) is 19.6 Å². The molecule has 258 valence electrons. The molecule has 6 amide bonds. The van der Waals surface area contributed by atoms with Crippen molar-refractivity contribution in [3.05, 3.63) is 144 Å². The molecular weight excluding hydrogens is 669 g/mol. The summed E-state index contributed by atoms with van der Waals surface area (Å²) in [6.45, 7) is 1.15. The molecule has 4 aromatic rings. The zero-order chi connectivity index (χ0) is 35.0. The van der Waals surface area contributed by atoms with Crippen LogP contribution in [-0.4, -0.2) is 79.1 Å². The molecule has 2 heterocycles.